The normalized spacial score (nSPS) is 16.4. The molecule has 0 unspecified atom stereocenters. The molecule has 6 nitrogen and oxygen atoms in total. The Hall–Kier alpha value is -1.68. The third kappa shape index (κ3) is 2.75. The minimum Gasteiger partial charge on any atom is -0.370 e. The van der Waals surface area contributed by atoms with Gasteiger partial charge in [0.05, 0.1) is 13.2 Å². The van der Waals surface area contributed by atoms with Gasteiger partial charge < -0.3 is 10.1 Å². The minimum atomic E-state index is -4.67. The number of carbonyl (C=O) groups is 2. The van der Waals surface area contributed by atoms with Crippen molar-refractivity contribution < 1.29 is 27.5 Å². The first-order chi connectivity index (χ1) is 9.34. The maximum atomic E-state index is 12.7. The highest BCUT2D eigenvalue weighted by Crippen LogP contribution is 2.38. The van der Waals surface area contributed by atoms with E-state index in [0.717, 1.165) is 4.90 Å². The number of amides is 2. The topological polar surface area (TPSA) is 71.5 Å². The zero-order chi connectivity index (χ0) is 14.9. The van der Waals surface area contributed by atoms with Crippen molar-refractivity contribution in [3.8, 4) is 0 Å². The Morgan fingerprint density at radius 3 is 2.75 bits per heavy atom. The second kappa shape index (κ2) is 5.37. The van der Waals surface area contributed by atoms with Crippen LogP contribution in [0.4, 0.5) is 18.2 Å². The molecule has 2 rings (SSSR count). The van der Waals surface area contributed by atoms with Crippen LogP contribution in [0.2, 0.25) is 0 Å². The van der Waals surface area contributed by atoms with Crippen molar-refractivity contribution in [2.24, 2.45) is 0 Å². The number of anilines is 1. The molecule has 110 valence electrons. The zero-order valence-corrected chi connectivity index (χ0v) is 11.1. The van der Waals surface area contributed by atoms with Crippen LogP contribution in [0.5, 0.6) is 0 Å². The van der Waals surface area contributed by atoms with E-state index in [1.165, 1.54) is 7.05 Å². The van der Waals surface area contributed by atoms with Crippen molar-refractivity contribution in [3.05, 3.63) is 10.7 Å². The molecule has 0 radical (unpaired) electrons. The summed E-state index contributed by atoms with van der Waals surface area (Å²) in [4.78, 5) is 27.7. The molecule has 1 fully saturated rings. The Labute approximate surface area is 115 Å². The first-order valence-electron chi connectivity index (χ1n) is 5.53. The molecule has 0 aliphatic carbocycles. The van der Waals surface area contributed by atoms with Crippen LogP contribution < -0.4 is 10.2 Å². The van der Waals surface area contributed by atoms with Crippen molar-refractivity contribution in [1.29, 1.82) is 0 Å². The Balaban J connectivity index is 2.46. The second-order valence-corrected chi connectivity index (χ2v) is 4.83. The van der Waals surface area contributed by atoms with Crippen molar-refractivity contribution in [1.82, 2.24) is 10.3 Å². The fourth-order valence-electron chi connectivity index (χ4n) is 1.62. The molecule has 1 aromatic rings. The molecule has 2 heterocycles. The van der Waals surface area contributed by atoms with Gasteiger partial charge in [-0.1, -0.05) is 11.3 Å². The number of thiazole rings is 1. The highest BCUT2D eigenvalue weighted by Gasteiger charge is 2.39. The Morgan fingerprint density at radius 1 is 1.50 bits per heavy atom. The number of alkyl halides is 3. The van der Waals surface area contributed by atoms with Crippen LogP contribution >= 0.6 is 11.3 Å². The average molecular weight is 309 g/mol. The molecule has 1 aliphatic rings. The molecule has 0 aromatic carbocycles. The molecule has 10 heteroatoms. The number of hydrogen-bond donors (Lipinski definition) is 1. The number of morpholine rings is 1. The maximum absolute atomic E-state index is 12.7. The van der Waals surface area contributed by atoms with Crippen molar-refractivity contribution in [3.63, 3.8) is 0 Å². The van der Waals surface area contributed by atoms with E-state index in [2.05, 4.69) is 10.3 Å². The predicted octanol–water partition coefficient (Wildman–Crippen LogP) is 0.885. The van der Waals surface area contributed by atoms with Gasteiger partial charge in [-0.15, -0.1) is 0 Å². The predicted molar refractivity (Wildman–Crippen MR) is 63.7 cm³/mol. The van der Waals surface area contributed by atoms with E-state index < -0.39 is 28.7 Å². The molecule has 0 bridgehead atoms. The Bertz CT molecular complexity index is 544. The molecule has 0 saturated carbocycles. The smallest absolute Gasteiger partial charge is 0.370 e. The first kappa shape index (κ1) is 14.7. The second-order valence-electron chi connectivity index (χ2n) is 3.85. The molecule has 20 heavy (non-hydrogen) atoms. The number of nitrogens with one attached hydrogen (secondary N) is 1. The van der Waals surface area contributed by atoms with Gasteiger partial charge in [0.25, 0.3) is 11.8 Å². The Morgan fingerprint density at radius 2 is 2.20 bits per heavy atom. The monoisotopic (exact) mass is 309 g/mol. The summed E-state index contributed by atoms with van der Waals surface area (Å²) in [6.45, 7) is 0.0485. The summed E-state index contributed by atoms with van der Waals surface area (Å²) in [7, 11) is 1.28. The summed E-state index contributed by atoms with van der Waals surface area (Å²) in [5.41, 5.74) is -0.403. The van der Waals surface area contributed by atoms with Crippen molar-refractivity contribution in [2.45, 2.75) is 6.18 Å². The van der Waals surface area contributed by atoms with Crippen LogP contribution in [0, 0.1) is 0 Å². The average Bonchev–Trinajstić information content (AvgIpc) is 2.83. The quantitative estimate of drug-likeness (QED) is 0.880. The third-order valence-electron chi connectivity index (χ3n) is 2.52. The van der Waals surface area contributed by atoms with Gasteiger partial charge in [0.2, 0.25) is 5.01 Å². The molecule has 1 N–H and O–H groups in total. The zero-order valence-electron chi connectivity index (χ0n) is 10.3. The Kier molecular flexibility index (Phi) is 3.95. The molecule has 0 atom stereocenters. The van der Waals surface area contributed by atoms with Crippen LogP contribution in [-0.2, 0) is 15.7 Å². The summed E-state index contributed by atoms with van der Waals surface area (Å²) in [5.74, 6) is -1.27. The lowest BCUT2D eigenvalue weighted by Gasteiger charge is -2.25. The van der Waals surface area contributed by atoms with Crippen molar-refractivity contribution in [2.75, 3.05) is 31.7 Å². The van der Waals surface area contributed by atoms with E-state index in [9.17, 15) is 22.8 Å². The number of ether oxygens (including phenoxy) is 1. The summed E-state index contributed by atoms with van der Waals surface area (Å²) < 4.78 is 43.0. The van der Waals surface area contributed by atoms with Gasteiger partial charge in [-0.3, -0.25) is 14.5 Å². The summed E-state index contributed by atoms with van der Waals surface area (Å²) in [6.07, 6.45) is -4.67. The molecule has 2 amide bonds. The molecule has 1 saturated heterocycles. The fourth-order valence-corrected chi connectivity index (χ4v) is 2.59. The van der Waals surface area contributed by atoms with Crippen LogP contribution in [0.25, 0.3) is 0 Å². The van der Waals surface area contributed by atoms with Gasteiger partial charge >= 0.3 is 6.18 Å². The van der Waals surface area contributed by atoms with E-state index >= 15 is 0 Å². The third-order valence-corrected chi connectivity index (χ3v) is 3.65. The van der Waals surface area contributed by atoms with Gasteiger partial charge in [-0.05, 0) is 0 Å². The molecule has 1 aromatic heterocycles. The van der Waals surface area contributed by atoms with E-state index in [1.54, 1.807) is 0 Å². The van der Waals surface area contributed by atoms with E-state index in [4.69, 9.17) is 4.74 Å². The lowest BCUT2D eigenvalue weighted by Crippen LogP contribution is -2.42. The van der Waals surface area contributed by atoms with E-state index in [-0.39, 0.29) is 36.1 Å². The number of halogens is 3. The SMILES string of the molecule is CNC(=O)c1nc(C(F)(F)F)sc1N1CCOCC1=O. The molecule has 0 spiro atoms. The van der Waals surface area contributed by atoms with Gasteiger partial charge in [0.1, 0.15) is 11.6 Å². The standard InChI is InChI=1S/C10H10F3N3O3S/c1-14-7(18)6-8(16-2-3-19-4-5(16)17)20-9(15-6)10(11,12)13/h2-4H2,1H3,(H,14,18). The van der Waals surface area contributed by atoms with Crippen molar-refractivity contribution >= 4 is 28.2 Å². The number of nitrogens with zero attached hydrogens (tertiary/aromatic N) is 2. The van der Waals surface area contributed by atoms with Gasteiger partial charge in [-0.2, -0.15) is 13.2 Å². The van der Waals surface area contributed by atoms with Gasteiger partial charge in [0.15, 0.2) is 5.69 Å². The van der Waals surface area contributed by atoms with E-state index in [0.29, 0.717) is 0 Å². The number of carbonyl (C=O) groups excluding carboxylic acids is 2. The highest BCUT2D eigenvalue weighted by atomic mass is 32.1. The summed E-state index contributed by atoms with van der Waals surface area (Å²) in [5, 5.41) is 0.941. The number of hydrogen-bond acceptors (Lipinski definition) is 5. The summed E-state index contributed by atoms with van der Waals surface area (Å²) in [6, 6.07) is 0. The largest absolute Gasteiger partial charge is 0.443 e. The first-order valence-corrected chi connectivity index (χ1v) is 6.34. The molecular formula is C10H10F3N3O3S. The van der Waals surface area contributed by atoms with Crippen LogP contribution in [0.3, 0.4) is 0 Å². The number of aromatic nitrogens is 1. The minimum absolute atomic E-state index is 0.0856. The van der Waals surface area contributed by atoms with Gasteiger partial charge in [-0.25, -0.2) is 4.98 Å². The van der Waals surface area contributed by atoms with Crippen LogP contribution in [0.1, 0.15) is 15.5 Å². The lowest BCUT2D eigenvalue weighted by atomic mass is 10.3. The van der Waals surface area contributed by atoms with Crippen LogP contribution in [-0.4, -0.2) is 43.6 Å². The maximum Gasteiger partial charge on any atom is 0.443 e. The lowest BCUT2D eigenvalue weighted by molar-refractivity contribution is -0.137. The summed E-state index contributed by atoms with van der Waals surface area (Å²) >= 11 is 0.273. The molecular weight excluding hydrogens is 299 g/mol. The van der Waals surface area contributed by atoms with E-state index in [1.807, 2.05) is 0 Å². The highest BCUT2D eigenvalue weighted by molar-refractivity contribution is 7.16. The fraction of sp³-hybridized carbons (Fsp3) is 0.500. The molecule has 1 aliphatic heterocycles. The number of rotatable bonds is 2. The van der Waals surface area contributed by atoms with Crippen LogP contribution in [0.15, 0.2) is 0 Å². The van der Waals surface area contributed by atoms with Gasteiger partial charge in [0, 0.05) is 7.05 Å².